The van der Waals surface area contributed by atoms with Crippen LogP contribution in [0, 0.1) is 5.82 Å². The summed E-state index contributed by atoms with van der Waals surface area (Å²) in [5, 5.41) is 4.54. The lowest BCUT2D eigenvalue weighted by Crippen LogP contribution is -2.38. The van der Waals surface area contributed by atoms with Crippen molar-refractivity contribution in [1.82, 2.24) is 5.32 Å². The standard InChI is InChI=1S/C18H19FN2O4S2/c1-25-8-3-7-20-11-16-17(22)18-15(6-9-26-18)21(27(16,23)24)12-13-4-2-5-14(19)10-13/h2,4-6,9-11,20H,3,7-8,12H2,1H3. The van der Waals surface area contributed by atoms with E-state index in [0.29, 0.717) is 35.7 Å². The molecule has 144 valence electrons. The van der Waals surface area contributed by atoms with Gasteiger partial charge in [-0.1, -0.05) is 12.1 Å². The summed E-state index contributed by atoms with van der Waals surface area (Å²) in [6, 6.07) is 7.34. The predicted octanol–water partition coefficient (Wildman–Crippen LogP) is 2.89. The summed E-state index contributed by atoms with van der Waals surface area (Å²) < 4.78 is 45.8. The first-order valence-electron chi connectivity index (χ1n) is 8.27. The van der Waals surface area contributed by atoms with Crippen LogP contribution in [0.2, 0.25) is 0 Å². The van der Waals surface area contributed by atoms with Gasteiger partial charge in [0.05, 0.1) is 12.2 Å². The number of methoxy groups -OCH3 is 1. The van der Waals surface area contributed by atoms with Crippen molar-refractivity contribution in [2.45, 2.75) is 13.0 Å². The highest BCUT2D eigenvalue weighted by molar-refractivity contribution is 7.97. The molecular formula is C18H19FN2O4S2. The Balaban J connectivity index is 1.94. The Morgan fingerprint density at radius 2 is 2.15 bits per heavy atom. The number of Topliss-reactive ketones (excluding diaryl/α,β-unsaturated/α-hetero) is 1. The van der Waals surface area contributed by atoms with Gasteiger partial charge in [-0.2, -0.15) is 0 Å². The molecule has 0 amide bonds. The number of sulfonamides is 1. The summed E-state index contributed by atoms with van der Waals surface area (Å²) in [4.78, 5) is 12.7. The predicted molar refractivity (Wildman–Crippen MR) is 103 cm³/mol. The van der Waals surface area contributed by atoms with E-state index in [4.69, 9.17) is 4.74 Å². The Labute approximate surface area is 161 Å². The number of carbonyl (C=O) groups excluding carboxylic acids is 1. The fourth-order valence-corrected chi connectivity index (χ4v) is 5.25. The third kappa shape index (κ3) is 4.05. The number of nitrogens with one attached hydrogen (secondary N) is 1. The van der Waals surface area contributed by atoms with Gasteiger partial charge in [-0.15, -0.1) is 11.3 Å². The van der Waals surface area contributed by atoms with Crippen LogP contribution in [-0.2, 0) is 21.3 Å². The lowest BCUT2D eigenvalue weighted by molar-refractivity contribution is 0.104. The minimum Gasteiger partial charge on any atom is -0.390 e. The number of fused-ring (bicyclic) bond motifs is 1. The van der Waals surface area contributed by atoms with E-state index in [1.807, 2.05) is 0 Å². The Kier molecular flexibility index (Phi) is 5.93. The number of ketones is 1. The first-order valence-corrected chi connectivity index (χ1v) is 10.6. The summed E-state index contributed by atoms with van der Waals surface area (Å²) in [6.45, 7) is 0.942. The molecule has 0 bridgehead atoms. The molecule has 1 N–H and O–H groups in total. The maximum Gasteiger partial charge on any atom is 0.270 e. The summed E-state index contributed by atoms with van der Waals surface area (Å²) in [7, 11) is -2.49. The molecule has 9 heteroatoms. The molecule has 0 atom stereocenters. The topological polar surface area (TPSA) is 75.7 Å². The highest BCUT2D eigenvalue weighted by atomic mass is 32.2. The SMILES string of the molecule is COCCCNC=C1C(=O)c2sccc2N(Cc2cccc(F)c2)S1(=O)=O. The Bertz CT molecular complexity index is 969. The van der Waals surface area contributed by atoms with E-state index in [1.54, 1.807) is 24.6 Å². The van der Waals surface area contributed by atoms with Gasteiger partial charge in [0.15, 0.2) is 4.91 Å². The Hall–Kier alpha value is -2.23. The third-order valence-corrected chi connectivity index (χ3v) is 6.70. The largest absolute Gasteiger partial charge is 0.390 e. The van der Waals surface area contributed by atoms with Gasteiger partial charge in [0, 0.05) is 26.5 Å². The zero-order chi connectivity index (χ0) is 19.4. The average molecular weight is 410 g/mol. The number of nitrogens with zero attached hydrogens (tertiary/aromatic N) is 1. The van der Waals surface area contributed by atoms with Gasteiger partial charge in [-0.25, -0.2) is 12.8 Å². The summed E-state index contributed by atoms with van der Waals surface area (Å²) in [5.41, 5.74) is 0.822. The molecule has 0 fully saturated rings. The van der Waals surface area contributed by atoms with Crippen LogP contribution in [-0.4, -0.2) is 34.5 Å². The Morgan fingerprint density at radius 1 is 1.33 bits per heavy atom. The highest BCUT2D eigenvalue weighted by Gasteiger charge is 2.41. The van der Waals surface area contributed by atoms with Crippen molar-refractivity contribution in [2.24, 2.45) is 0 Å². The van der Waals surface area contributed by atoms with Crippen LogP contribution in [0.15, 0.2) is 46.8 Å². The number of thiophene rings is 1. The van der Waals surface area contributed by atoms with E-state index in [0.717, 1.165) is 4.31 Å². The van der Waals surface area contributed by atoms with Crippen molar-refractivity contribution in [3.8, 4) is 0 Å². The summed E-state index contributed by atoms with van der Waals surface area (Å²) >= 11 is 1.18. The Morgan fingerprint density at radius 3 is 2.89 bits per heavy atom. The lowest BCUT2D eigenvalue weighted by atomic mass is 10.2. The second-order valence-electron chi connectivity index (χ2n) is 5.91. The lowest BCUT2D eigenvalue weighted by Gasteiger charge is -2.29. The van der Waals surface area contributed by atoms with Crippen LogP contribution in [0.5, 0.6) is 0 Å². The van der Waals surface area contributed by atoms with E-state index in [1.165, 1.54) is 35.7 Å². The van der Waals surface area contributed by atoms with Gasteiger partial charge >= 0.3 is 0 Å². The zero-order valence-corrected chi connectivity index (χ0v) is 16.3. The van der Waals surface area contributed by atoms with Crippen molar-refractivity contribution >= 4 is 32.8 Å². The number of halogens is 1. The van der Waals surface area contributed by atoms with Crippen molar-refractivity contribution in [2.75, 3.05) is 24.6 Å². The molecule has 1 aliphatic heterocycles. The van der Waals surface area contributed by atoms with Crippen molar-refractivity contribution in [3.63, 3.8) is 0 Å². The number of hydrogen-bond donors (Lipinski definition) is 1. The molecule has 6 nitrogen and oxygen atoms in total. The van der Waals surface area contributed by atoms with Gasteiger partial charge < -0.3 is 10.1 Å². The normalized spacial score (nSPS) is 17.2. The van der Waals surface area contributed by atoms with Crippen LogP contribution >= 0.6 is 11.3 Å². The van der Waals surface area contributed by atoms with Gasteiger partial charge in [0.2, 0.25) is 5.78 Å². The molecule has 2 heterocycles. The number of carbonyl (C=O) groups is 1. The number of rotatable bonds is 7. The number of hydrogen-bond acceptors (Lipinski definition) is 6. The van der Waals surface area contributed by atoms with Crippen LogP contribution < -0.4 is 9.62 Å². The number of ether oxygens (including phenoxy) is 1. The molecule has 0 spiro atoms. The van der Waals surface area contributed by atoms with Crippen LogP contribution in [0.3, 0.4) is 0 Å². The number of anilines is 1. The first-order chi connectivity index (χ1) is 12.9. The first kappa shape index (κ1) is 19.5. The second-order valence-corrected chi connectivity index (χ2v) is 8.66. The molecular weight excluding hydrogens is 391 g/mol. The summed E-state index contributed by atoms with van der Waals surface area (Å²) in [6.07, 6.45) is 1.92. The van der Waals surface area contributed by atoms with Gasteiger partial charge in [0.1, 0.15) is 10.7 Å². The molecule has 1 aliphatic rings. The van der Waals surface area contributed by atoms with Crippen LogP contribution in [0.25, 0.3) is 0 Å². The maximum absolute atomic E-state index is 13.5. The molecule has 0 saturated carbocycles. The van der Waals surface area contributed by atoms with E-state index in [2.05, 4.69) is 5.32 Å². The average Bonchev–Trinajstić information content (AvgIpc) is 3.11. The number of allylic oxidation sites excluding steroid dienone is 1. The minimum absolute atomic E-state index is 0.0574. The van der Waals surface area contributed by atoms with Crippen LogP contribution in [0.1, 0.15) is 21.7 Å². The fraction of sp³-hybridized carbons (Fsp3) is 0.278. The van der Waals surface area contributed by atoms with E-state index < -0.39 is 21.6 Å². The molecule has 0 radical (unpaired) electrons. The van der Waals surface area contributed by atoms with Crippen molar-refractivity contribution in [1.29, 1.82) is 0 Å². The van der Waals surface area contributed by atoms with Gasteiger partial charge in [-0.05, 0) is 35.6 Å². The molecule has 1 aromatic heterocycles. The molecule has 0 unspecified atom stereocenters. The van der Waals surface area contributed by atoms with Crippen molar-refractivity contribution in [3.05, 3.63) is 63.1 Å². The molecule has 1 aromatic carbocycles. The molecule has 3 rings (SSSR count). The number of benzene rings is 1. The molecule has 27 heavy (non-hydrogen) atoms. The van der Waals surface area contributed by atoms with Gasteiger partial charge in [-0.3, -0.25) is 9.10 Å². The molecule has 2 aromatic rings. The minimum atomic E-state index is -4.07. The van der Waals surface area contributed by atoms with E-state index in [-0.39, 0.29) is 11.4 Å². The third-order valence-electron chi connectivity index (χ3n) is 4.03. The highest BCUT2D eigenvalue weighted by Crippen LogP contribution is 2.39. The van der Waals surface area contributed by atoms with E-state index in [9.17, 15) is 17.6 Å². The van der Waals surface area contributed by atoms with E-state index >= 15 is 0 Å². The van der Waals surface area contributed by atoms with Gasteiger partial charge in [0.25, 0.3) is 10.0 Å². The summed E-state index contributed by atoms with van der Waals surface area (Å²) in [5.74, 6) is -0.978. The molecule has 0 aliphatic carbocycles. The fourth-order valence-electron chi connectivity index (χ4n) is 2.74. The maximum atomic E-state index is 13.5. The van der Waals surface area contributed by atoms with Crippen molar-refractivity contribution < 1.29 is 22.3 Å². The quantitative estimate of drug-likeness (QED) is 0.561. The van der Waals surface area contributed by atoms with Crippen LogP contribution in [0.4, 0.5) is 10.1 Å². The zero-order valence-electron chi connectivity index (χ0n) is 14.6. The second kappa shape index (κ2) is 8.20. The smallest absolute Gasteiger partial charge is 0.270 e. The molecule has 0 saturated heterocycles. The monoisotopic (exact) mass is 410 g/mol.